The highest BCUT2D eigenvalue weighted by atomic mass is 32.2. The molecule has 2 aliphatic rings. The summed E-state index contributed by atoms with van der Waals surface area (Å²) in [6, 6.07) is 12.5. The number of nitriles is 1. The van der Waals surface area contributed by atoms with Crippen LogP contribution >= 0.6 is 24.0 Å². The maximum absolute atomic E-state index is 13.6. The van der Waals surface area contributed by atoms with Gasteiger partial charge in [-0.1, -0.05) is 94.6 Å². The van der Waals surface area contributed by atoms with Crippen LogP contribution in [0.1, 0.15) is 81.9 Å². The summed E-state index contributed by atoms with van der Waals surface area (Å²) in [6.07, 6.45) is 10.5. The predicted octanol–water partition coefficient (Wildman–Crippen LogP) is 6.72. The van der Waals surface area contributed by atoms with Crippen molar-refractivity contribution in [2.45, 2.75) is 78.7 Å². The minimum Gasteiger partial charge on any atom is -0.368 e. The quantitative estimate of drug-likeness (QED) is 0.143. The highest BCUT2D eigenvalue weighted by Crippen LogP contribution is 2.36. The van der Waals surface area contributed by atoms with Crippen LogP contribution in [0.5, 0.6) is 0 Å². The highest BCUT2D eigenvalue weighted by Gasteiger charge is 2.33. The molecular formula is C33H43N5O2S2. The van der Waals surface area contributed by atoms with E-state index in [1.165, 1.54) is 43.1 Å². The van der Waals surface area contributed by atoms with E-state index in [1.807, 2.05) is 19.1 Å². The first-order valence-corrected chi connectivity index (χ1v) is 16.6. The van der Waals surface area contributed by atoms with Gasteiger partial charge in [-0.25, -0.2) is 0 Å². The second-order valence-corrected chi connectivity index (χ2v) is 12.7. The molecule has 0 saturated carbocycles. The molecule has 0 N–H and O–H groups in total. The van der Waals surface area contributed by atoms with Gasteiger partial charge in [0.25, 0.3) is 11.5 Å². The Morgan fingerprint density at radius 1 is 0.905 bits per heavy atom. The number of para-hydroxylation sites is 1. The molecular weight excluding hydrogens is 563 g/mol. The second kappa shape index (κ2) is 15.4. The average Bonchev–Trinajstić information content (AvgIpc) is 3.27. The fourth-order valence-electron chi connectivity index (χ4n) is 5.70. The molecule has 2 fully saturated rings. The van der Waals surface area contributed by atoms with E-state index in [0.29, 0.717) is 27.9 Å². The first-order valence-electron chi connectivity index (χ1n) is 15.4. The Bertz CT molecular complexity index is 1390. The Morgan fingerprint density at radius 2 is 1.55 bits per heavy atom. The van der Waals surface area contributed by atoms with Gasteiger partial charge in [0, 0.05) is 50.5 Å². The lowest BCUT2D eigenvalue weighted by Gasteiger charge is -2.39. The number of thioether (sulfide) groups is 1. The van der Waals surface area contributed by atoms with Crippen molar-refractivity contribution in [2.75, 3.05) is 42.5 Å². The maximum Gasteiger partial charge on any atom is 0.270 e. The summed E-state index contributed by atoms with van der Waals surface area (Å²) < 4.78 is 2.35. The molecule has 3 heterocycles. The van der Waals surface area contributed by atoms with E-state index < -0.39 is 0 Å². The molecule has 42 heavy (non-hydrogen) atoms. The van der Waals surface area contributed by atoms with E-state index >= 15 is 0 Å². The van der Waals surface area contributed by atoms with E-state index in [-0.39, 0.29) is 17.0 Å². The molecule has 1 aromatic carbocycles. The first-order chi connectivity index (χ1) is 20.4. The molecule has 4 rings (SSSR count). The van der Waals surface area contributed by atoms with Crippen molar-refractivity contribution >= 4 is 51.8 Å². The lowest BCUT2D eigenvalue weighted by Crippen LogP contribution is -2.48. The number of aromatic nitrogens is 1. The molecule has 0 spiro atoms. The number of rotatable bonds is 13. The van der Waals surface area contributed by atoms with Gasteiger partial charge in [-0.3, -0.25) is 19.1 Å². The maximum atomic E-state index is 13.6. The number of nitrogens with zero attached hydrogens (tertiary/aromatic N) is 5. The largest absolute Gasteiger partial charge is 0.368 e. The summed E-state index contributed by atoms with van der Waals surface area (Å²) >= 11 is 6.96. The van der Waals surface area contributed by atoms with Crippen molar-refractivity contribution in [1.82, 2.24) is 9.47 Å². The fraction of sp³-hybridized carbons (Fsp3) is 0.515. The third-order valence-corrected chi connectivity index (χ3v) is 9.54. The molecule has 1 aromatic heterocycles. The molecule has 0 unspecified atom stereocenters. The number of piperazine rings is 1. The van der Waals surface area contributed by atoms with Crippen LogP contribution in [-0.4, -0.2) is 52.4 Å². The van der Waals surface area contributed by atoms with Crippen molar-refractivity contribution in [3.8, 4) is 6.07 Å². The Morgan fingerprint density at radius 3 is 2.21 bits per heavy atom. The van der Waals surface area contributed by atoms with E-state index in [0.717, 1.165) is 63.2 Å². The number of hydrogen-bond acceptors (Lipinski definition) is 7. The van der Waals surface area contributed by atoms with E-state index in [4.69, 9.17) is 12.2 Å². The summed E-state index contributed by atoms with van der Waals surface area (Å²) in [5.41, 5.74) is 2.47. The minimum absolute atomic E-state index is 0.0809. The summed E-state index contributed by atoms with van der Waals surface area (Å²) in [6.45, 7) is 10.4. The third kappa shape index (κ3) is 7.27. The molecule has 0 bridgehead atoms. The van der Waals surface area contributed by atoms with Crippen molar-refractivity contribution in [1.29, 1.82) is 5.26 Å². The molecule has 0 aliphatic carbocycles. The topological polar surface area (TPSA) is 72.6 Å². The van der Waals surface area contributed by atoms with E-state index in [9.17, 15) is 14.9 Å². The van der Waals surface area contributed by atoms with Crippen LogP contribution in [-0.2, 0) is 11.3 Å². The number of amides is 1. The fourth-order valence-corrected chi connectivity index (χ4v) is 6.99. The van der Waals surface area contributed by atoms with Gasteiger partial charge in [0.05, 0.1) is 4.91 Å². The molecule has 1 amide bonds. The summed E-state index contributed by atoms with van der Waals surface area (Å²) in [5, 5.41) is 10.0. The molecule has 2 aliphatic heterocycles. The monoisotopic (exact) mass is 605 g/mol. The number of carbonyl (C=O) groups is 1. The van der Waals surface area contributed by atoms with Crippen LogP contribution < -0.4 is 15.4 Å². The zero-order chi connectivity index (χ0) is 30.1. The molecule has 2 saturated heterocycles. The zero-order valence-corrected chi connectivity index (χ0v) is 26.9. The summed E-state index contributed by atoms with van der Waals surface area (Å²) in [5.74, 6) is 0.724. The van der Waals surface area contributed by atoms with Gasteiger partial charge in [0.2, 0.25) is 0 Å². The second-order valence-electron chi connectivity index (χ2n) is 11.1. The summed E-state index contributed by atoms with van der Waals surface area (Å²) in [4.78, 5) is 34.1. The number of carbonyl (C=O) groups excluding carboxylic acids is 1. The average molecular weight is 606 g/mol. The minimum atomic E-state index is -0.253. The molecule has 224 valence electrons. The van der Waals surface area contributed by atoms with Gasteiger partial charge in [-0.05, 0) is 43.5 Å². The smallest absolute Gasteiger partial charge is 0.270 e. The van der Waals surface area contributed by atoms with E-state index in [1.54, 1.807) is 9.47 Å². The van der Waals surface area contributed by atoms with Crippen LogP contribution in [0, 0.1) is 18.3 Å². The van der Waals surface area contributed by atoms with Gasteiger partial charge >= 0.3 is 0 Å². The van der Waals surface area contributed by atoms with Gasteiger partial charge in [-0.2, -0.15) is 5.26 Å². The van der Waals surface area contributed by atoms with E-state index in [2.05, 4.69) is 54.0 Å². The standard InChI is InChI=1S/C33H43N5O2S2/c1-4-6-8-9-10-14-18-38-32(40)29(42-33(38)41)23-27-25(3)28(24-34)31(39)37(17-7-5-2)30(27)36-21-19-35(20-22-36)26-15-12-11-13-16-26/h11-13,15-16,23H,4-10,14,17-22H2,1-3H3/b29-23+. The Hall–Kier alpha value is -3.09. The number of pyridine rings is 1. The number of unbranched alkanes of at least 4 members (excludes halogenated alkanes) is 6. The Balaban J connectivity index is 1.66. The van der Waals surface area contributed by atoms with Crippen molar-refractivity contribution in [3.05, 3.63) is 62.3 Å². The highest BCUT2D eigenvalue weighted by molar-refractivity contribution is 8.26. The normalized spacial score (nSPS) is 16.5. The Kier molecular flexibility index (Phi) is 11.7. The van der Waals surface area contributed by atoms with Crippen molar-refractivity contribution < 1.29 is 4.79 Å². The number of anilines is 2. The van der Waals surface area contributed by atoms with Crippen LogP contribution in [0.15, 0.2) is 40.0 Å². The molecule has 7 nitrogen and oxygen atoms in total. The molecule has 0 atom stereocenters. The van der Waals surface area contributed by atoms with Gasteiger partial charge in [-0.15, -0.1) is 0 Å². The third-order valence-electron chi connectivity index (χ3n) is 8.17. The summed E-state index contributed by atoms with van der Waals surface area (Å²) in [7, 11) is 0. The lowest BCUT2D eigenvalue weighted by atomic mass is 10.0. The van der Waals surface area contributed by atoms with Crippen LogP contribution in [0.2, 0.25) is 0 Å². The number of hydrogen-bond donors (Lipinski definition) is 0. The van der Waals surface area contributed by atoms with Crippen LogP contribution in [0.25, 0.3) is 6.08 Å². The molecule has 2 aromatic rings. The molecule has 0 radical (unpaired) electrons. The van der Waals surface area contributed by atoms with Gasteiger partial charge in [0.1, 0.15) is 21.8 Å². The number of thiocarbonyl (C=S) groups is 1. The predicted molar refractivity (Wildman–Crippen MR) is 179 cm³/mol. The van der Waals surface area contributed by atoms with Crippen LogP contribution in [0.4, 0.5) is 11.5 Å². The van der Waals surface area contributed by atoms with Crippen molar-refractivity contribution in [2.24, 2.45) is 0 Å². The Labute approximate surface area is 260 Å². The van der Waals surface area contributed by atoms with Gasteiger partial charge < -0.3 is 9.80 Å². The van der Waals surface area contributed by atoms with Crippen LogP contribution in [0.3, 0.4) is 0 Å². The first kappa shape index (κ1) is 31.8. The van der Waals surface area contributed by atoms with Gasteiger partial charge in [0.15, 0.2) is 0 Å². The zero-order valence-electron chi connectivity index (χ0n) is 25.2. The lowest BCUT2D eigenvalue weighted by molar-refractivity contribution is -0.122. The van der Waals surface area contributed by atoms with Crippen molar-refractivity contribution in [3.63, 3.8) is 0 Å². The SMILES string of the molecule is CCCCCCCCN1C(=O)/C(=C\c2c(C)c(C#N)c(=O)n(CCCC)c2N2CCN(c3ccccc3)CC2)SC1=S. The number of benzene rings is 1. The molecule has 9 heteroatoms.